The van der Waals surface area contributed by atoms with Crippen LogP contribution in [-0.2, 0) is 19.6 Å². The topological polar surface area (TPSA) is 95.6 Å². The van der Waals surface area contributed by atoms with Crippen molar-refractivity contribution in [3.63, 3.8) is 0 Å². The van der Waals surface area contributed by atoms with Gasteiger partial charge in [-0.05, 0) is 43.0 Å². The molecule has 1 aromatic rings. The normalized spacial score (nSPS) is 17.2. The fourth-order valence-electron chi connectivity index (χ4n) is 3.12. The lowest BCUT2D eigenvalue weighted by atomic mass is 10.0. The smallest absolute Gasteiger partial charge is 0.247 e. The summed E-state index contributed by atoms with van der Waals surface area (Å²) in [5.74, 6) is -0.678. The molecule has 0 saturated carbocycles. The molecule has 1 aliphatic heterocycles. The Morgan fingerprint density at radius 3 is 2.04 bits per heavy atom. The third kappa shape index (κ3) is 5.77. The molecule has 1 aromatic carbocycles. The van der Waals surface area contributed by atoms with Gasteiger partial charge in [0.2, 0.25) is 21.8 Å². The quantitative estimate of drug-likeness (QED) is 0.773. The molecule has 1 fully saturated rings. The van der Waals surface area contributed by atoms with Crippen LogP contribution in [0, 0.1) is 5.92 Å². The molecule has 8 heteroatoms. The Hall–Kier alpha value is -1.93. The Morgan fingerprint density at radius 1 is 1.00 bits per heavy atom. The van der Waals surface area contributed by atoms with E-state index in [0.29, 0.717) is 18.8 Å². The van der Waals surface area contributed by atoms with E-state index in [-0.39, 0.29) is 22.6 Å². The second-order valence-electron chi connectivity index (χ2n) is 7.25. The highest BCUT2D eigenvalue weighted by molar-refractivity contribution is 7.89. The highest BCUT2D eigenvalue weighted by Gasteiger charge is 2.26. The van der Waals surface area contributed by atoms with Crippen molar-refractivity contribution in [2.75, 3.05) is 18.4 Å². The number of amides is 2. The van der Waals surface area contributed by atoms with Gasteiger partial charge in [-0.25, -0.2) is 8.42 Å². The average molecular weight is 396 g/mol. The van der Waals surface area contributed by atoms with E-state index in [0.717, 1.165) is 25.7 Å². The van der Waals surface area contributed by atoms with Crippen molar-refractivity contribution in [1.29, 1.82) is 0 Å². The lowest BCUT2D eigenvalue weighted by Gasteiger charge is -2.21. The third-order valence-electron chi connectivity index (χ3n) is 4.63. The van der Waals surface area contributed by atoms with E-state index in [9.17, 15) is 18.0 Å². The summed E-state index contributed by atoms with van der Waals surface area (Å²) in [4.78, 5) is 23.9. The molecule has 27 heavy (non-hydrogen) atoms. The zero-order valence-electron chi connectivity index (χ0n) is 16.2. The molecule has 2 N–H and O–H groups in total. The summed E-state index contributed by atoms with van der Waals surface area (Å²) in [5.41, 5.74) is 0.491. The van der Waals surface area contributed by atoms with Gasteiger partial charge in [0.1, 0.15) is 6.04 Å². The predicted octanol–water partition coefficient (Wildman–Crippen LogP) is 2.35. The maximum atomic E-state index is 12.8. The minimum absolute atomic E-state index is 0.0726. The van der Waals surface area contributed by atoms with Crippen molar-refractivity contribution in [1.82, 2.24) is 9.62 Å². The number of sulfonamides is 1. The Bertz CT molecular complexity index is 752. The van der Waals surface area contributed by atoms with Crippen molar-refractivity contribution in [2.45, 2.75) is 57.4 Å². The largest absolute Gasteiger partial charge is 0.344 e. The molecule has 1 atom stereocenters. The SMILES string of the molecule is CC(=O)N[C@@H](C(=O)Nc1ccc(S(=O)(=O)N2CCCCCC2)cc1)C(C)C. The summed E-state index contributed by atoms with van der Waals surface area (Å²) in [5, 5.41) is 5.37. The number of carbonyl (C=O) groups is 2. The number of anilines is 1. The molecular formula is C19H29N3O4S. The van der Waals surface area contributed by atoms with Crippen LogP contribution in [0.5, 0.6) is 0 Å². The van der Waals surface area contributed by atoms with Crippen molar-refractivity contribution >= 4 is 27.5 Å². The Morgan fingerprint density at radius 2 is 1.56 bits per heavy atom. The number of nitrogens with zero attached hydrogens (tertiary/aromatic N) is 1. The molecule has 1 aliphatic rings. The maximum absolute atomic E-state index is 12.8. The highest BCUT2D eigenvalue weighted by atomic mass is 32.2. The number of nitrogens with one attached hydrogen (secondary N) is 2. The molecule has 0 bridgehead atoms. The number of rotatable bonds is 6. The second kappa shape index (κ2) is 9.32. The van der Waals surface area contributed by atoms with Crippen LogP contribution in [-0.4, -0.2) is 43.7 Å². The molecule has 150 valence electrons. The standard InChI is InChI=1S/C19H29N3O4S/c1-14(2)18(20-15(3)23)19(24)21-16-8-10-17(11-9-16)27(25,26)22-12-6-4-5-7-13-22/h8-11,14,18H,4-7,12-13H2,1-3H3,(H,20,23)(H,21,24)/t18-/m1/s1. The van der Waals surface area contributed by atoms with Gasteiger partial charge in [0.15, 0.2) is 0 Å². The van der Waals surface area contributed by atoms with E-state index in [2.05, 4.69) is 10.6 Å². The van der Waals surface area contributed by atoms with Gasteiger partial charge in [-0.1, -0.05) is 26.7 Å². The van der Waals surface area contributed by atoms with Gasteiger partial charge in [-0.3, -0.25) is 9.59 Å². The fraction of sp³-hybridized carbons (Fsp3) is 0.579. The van der Waals surface area contributed by atoms with Crippen LogP contribution >= 0.6 is 0 Å². The van der Waals surface area contributed by atoms with E-state index in [1.54, 1.807) is 16.4 Å². The Balaban J connectivity index is 2.09. The van der Waals surface area contributed by atoms with Crippen molar-refractivity contribution in [2.24, 2.45) is 5.92 Å². The number of hydrogen-bond acceptors (Lipinski definition) is 4. The van der Waals surface area contributed by atoms with E-state index in [1.807, 2.05) is 13.8 Å². The molecule has 2 amide bonds. The molecule has 0 unspecified atom stereocenters. The molecule has 0 radical (unpaired) electrons. The summed E-state index contributed by atoms with van der Waals surface area (Å²) < 4.78 is 27.1. The fourth-order valence-corrected chi connectivity index (χ4v) is 4.63. The zero-order chi connectivity index (χ0) is 20.0. The zero-order valence-corrected chi connectivity index (χ0v) is 17.0. The summed E-state index contributed by atoms with van der Waals surface area (Å²) in [6.07, 6.45) is 3.88. The van der Waals surface area contributed by atoms with Crippen LogP contribution in [0.15, 0.2) is 29.2 Å². The molecule has 2 rings (SSSR count). The second-order valence-corrected chi connectivity index (χ2v) is 9.19. The monoisotopic (exact) mass is 395 g/mol. The van der Waals surface area contributed by atoms with Crippen molar-refractivity contribution in [3.8, 4) is 0 Å². The summed E-state index contributed by atoms with van der Waals surface area (Å²) in [6.45, 7) is 6.15. The summed E-state index contributed by atoms with van der Waals surface area (Å²) in [6, 6.07) is 5.53. The molecule has 0 spiro atoms. The van der Waals surface area contributed by atoms with Crippen LogP contribution in [0.25, 0.3) is 0 Å². The predicted molar refractivity (Wildman–Crippen MR) is 105 cm³/mol. The summed E-state index contributed by atoms with van der Waals surface area (Å²) in [7, 11) is -3.51. The minimum Gasteiger partial charge on any atom is -0.344 e. The Labute approximate surface area is 161 Å². The van der Waals surface area contributed by atoms with Crippen molar-refractivity contribution in [3.05, 3.63) is 24.3 Å². The van der Waals surface area contributed by atoms with Gasteiger partial charge in [-0.15, -0.1) is 0 Å². The first kappa shape index (κ1) is 21.4. The van der Waals surface area contributed by atoms with Gasteiger partial charge >= 0.3 is 0 Å². The van der Waals surface area contributed by atoms with Crippen LogP contribution in [0.4, 0.5) is 5.69 Å². The molecular weight excluding hydrogens is 366 g/mol. The van der Waals surface area contributed by atoms with E-state index < -0.39 is 16.1 Å². The van der Waals surface area contributed by atoms with Gasteiger partial charge in [0, 0.05) is 25.7 Å². The van der Waals surface area contributed by atoms with Crippen molar-refractivity contribution < 1.29 is 18.0 Å². The van der Waals surface area contributed by atoms with Crippen LogP contribution in [0.2, 0.25) is 0 Å². The molecule has 7 nitrogen and oxygen atoms in total. The van der Waals surface area contributed by atoms with Gasteiger partial charge in [0.05, 0.1) is 4.90 Å². The number of carbonyl (C=O) groups excluding carboxylic acids is 2. The van der Waals surface area contributed by atoms with Crippen LogP contribution in [0.3, 0.4) is 0 Å². The van der Waals surface area contributed by atoms with Crippen LogP contribution in [0.1, 0.15) is 46.5 Å². The molecule has 1 heterocycles. The molecule has 0 aromatic heterocycles. The lowest BCUT2D eigenvalue weighted by Crippen LogP contribution is -2.46. The van der Waals surface area contributed by atoms with Gasteiger partial charge in [0.25, 0.3) is 0 Å². The molecule has 1 saturated heterocycles. The maximum Gasteiger partial charge on any atom is 0.247 e. The first-order chi connectivity index (χ1) is 12.7. The summed E-state index contributed by atoms with van der Waals surface area (Å²) >= 11 is 0. The average Bonchev–Trinajstić information content (AvgIpc) is 2.89. The van der Waals surface area contributed by atoms with Crippen LogP contribution < -0.4 is 10.6 Å². The van der Waals surface area contributed by atoms with E-state index >= 15 is 0 Å². The first-order valence-corrected chi connectivity index (χ1v) is 10.8. The number of benzene rings is 1. The molecule has 0 aliphatic carbocycles. The van der Waals surface area contributed by atoms with E-state index in [1.165, 1.54) is 19.1 Å². The Kier molecular flexibility index (Phi) is 7.38. The minimum atomic E-state index is -3.51. The van der Waals surface area contributed by atoms with Gasteiger partial charge in [-0.2, -0.15) is 4.31 Å². The number of hydrogen-bond donors (Lipinski definition) is 2. The first-order valence-electron chi connectivity index (χ1n) is 9.40. The third-order valence-corrected chi connectivity index (χ3v) is 6.55. The van der Waals surface area contributed by atoms with E-state index in [4.69, 9.17) is 0 Å². The lowest BCUT2D eigenvalue weighted by molar-refractivity contribution is -0.126. The van der Waals surface area contributed by atoms with Gasteiger partial charge < -0.3 is 10.6 Å². The highest BCUT2D eigenvalue weighted by Crippen LogP contribution is 2.22.